The molecule has 0 bridgehead atoms. The molecule has 0 atom stereocenters. The van der Waals surface area contributed by atoms with Gasteiger partial charge in [-0.3, -0.25) is 4.90 Å². The fourth-order valence-electron chi connectivity index (χ4n) is 1.53. The zero-order valence-electron chi connectivity index (χ0n) is 6.47. The van der Waals surface area contributed by atoms with E-state index in [1.807, 2.05) is 13.1 Å². The first-order valence-electron chi connectivity index (χ1n) is 3.71. The number of nitrogens with zero attached hydrogens (tertiary/aromatic N) is 1. The maximum absolute atomic E-state index is 12.7. The van der Waals surface area contributed by atoms with Crippen LogP contribution in [0.15, 0.2) is 18.2 Å². The van der Waals surface area contributed by atoms with Crippen LogP contribution < -0.4 is 0 Å². The lowest BCUT2D eigenvalue weighted by molar-refractivity contribution is 0.353. The van der Waals surface area contributed by atoms with Crippen LogP contribution in [0.4, 0.5) is 4.39 Å². The van der Waals surface area contributed by atoms with E-state index in [0.29, 0.717) is 0 Å². The summed E-state index contributed by atoms with van der Waals surface area (Å²) >= 11 is 0. The third kappa shape index (κ3) is 1.14. The van der Waals surface area contributed by atoms with Gasteiger partial charge in [0.25, 0.3) is 0 Å². The maximum atomic E-state index is 12.7. The summed E-state index contributed by atoms with van der Waals surface area (Å²) in [5.41, 5.74) is 2.39. The summed E-state index contributed by atoms with van der Waals surface area (Å²) in [5, 5.41) is 0. The van der Waals surface area contributed by atoms with Crippen LogP contribution in [0.5, 0.6) is 0 Å². The predicted octanol–water partition coefficient (Wildman–Crippen LogP) is 1.77. The van der Waals surface area contributed by atoms with E-state index in [1.54, 1.807) is 6.07 Å². The van der Waals surface area contributed by atoms with E-state index in [2.05, 4.69) is 4.90 Å². The Hall–Kier alpha value is -0.890. The first-order valence-corrected chi connectivity index (χ1v) is 3.71. The molecular weight excluding hydrogens is 141 g/mol. The maximum Gasteiger partial charge on any atom is 0.123 e. The minimum atomic E-state index is -0.126. The molecule has 0 saturated carbocycles. The van der Waals surface area contributed by atoms with Crippen LogP contribution in [0.1, 0.15) is 11.1 Å². The van der Waals surface area contributed by atoms with Crippen molar-refractivity contribution in [1.82, 2.24) is 4.90 Å². The summed E-state index contributed by atoms with van der Waals surface area (Å²) in [6.45, 7) is 1.84. The lowest BCUT2D eigenvalue weighted by Gasteiger charge is -2.02. The Bertz CT molecular complexity index is 283. The summed E-state index contributed by atoms with van der Waals surface area (Å²) in [7, 11) is 2.04. The molecule has 1 aromatic carbocycles. The van der Waals surface area contributed by atoms with Crippen LogP contribution in [-0.4, -0.2) is 11.9 Å². The Balaban J connectivity index is 2.43. The van der Waals surface area contributed by atoms with Crippen molar-refractivity contribution in [2.24, 2.45) is 0 Å². The van der Waals surface area contributed by atoms with Gasteiger partial charge in [0, 0.05) is 13.1 Å². The van der Waals surface area contributed by atoms with E-state index in [9.17, 15) is 4.39 Å². The van der Waals surface area contributed by atoms with Crippen LogP contribution in [0.2, 0.25) is 0 Å². The van der Waals surface area contributed by atoms with Gasteiger partial charge in [0.15, 0.2) is 0 Å². The van der Waals surface area contributed by atoms with Gasteiger partial charge in [-0.1, -0.05) is 6.07 Å². The van der Waals surface area contributed by atoms with Crippen molar-refractivity contribution in [3.8, 4) is 0 Å². The fraction of sp³-hybridized carbons (Fsp3) is 0.333. The topological polar surface area (TPSA) is 3.24 Å². The first kappa shape index (κ1) is 6.80. The van der Waals surface area contributed by atoms with E-state index in [-0.39, 0.29) is 5.82 Å². The molecule has 0 aromatic heterocycles. The first-order chi connectivity index (χ1) is 5.25. The van der Waals surface area contributed by atoms with Gasteiger partial charge in [0.1, 0.15) is 5.82 Å². The molecule has 0 N–H and O–H groups in total. The largest absolute Gasteiger partial charge is 0.298 e. The highest BCUT2D eigenvalue weighted by molar-refractivity contribution is 5.30. The summed E-state index contributed by atoms with van der Waals surface area (Å²) in [4.78, 5) is 2.17. The summed E-state index contributed by atoms with van der Waals surface area (Å²) in [5.74, 6) is -0.126. The molecule has 0 amide bonds. The third-order valence-corrected chi connectivity index (χ3v) is 2.05. The number of benzene rings is 1. The minimum absolute atomic E-state index is 0.126. The van der Waals surface area contributed by atoms with Crippen molar-refractivity contribution >= 4 is 0 Å². The molecule has 0 fully saturated rings. The van der Waals surface area contributed by atoms with Gasteiger partial charge in [-0.25, -0.2) is 4.39 Å². The Morgan fingerprint density at radius 3 is 2.82 bits per heavy atom. The van der Waals surface area contributed by atoms with Crippen molar-refractivity contribution in [3.63, 3.8) is 0 Å². The van der Waals surface area contributed by atoms with Gasteiger partial charge < -0.3 is 0 Å². The molecule has 0 unspecified atom stereocenters. The number of rotatable bonds is 0. The zero-order valence-corrected chi connectivity index (χ0v) is 6.47. The highest BCUT2D eigenvalue weighted by atomic mass is 19.1. The molecule has 0 radical (unpaired) electrons. The van der Waals surface area contributed by atoms with Crippen LogP contribution >= 0.6 is 0 Å². The molecule has 1 aliphatic heterocycles. The predicted molar refractivity (Wildman–Crippen MR) is 41.6 cm³/mol. The normalized spacial score (nSPS) is 16.9. The van der Waals surface area contributed by atoms with Gasteiger partial charge in [-0.2, -0.15) is 0 Å². The Labute approximate surface area is 65.4 Å². The third-order valence-electron chi connectivity index (χ3n) is 2.05. The van der Waals surface area contributed by atoms with Gasteiger partial charge in [-0.15, -0.1) is 0 Å². The summed E-state index contributed by atoms with van der Waals surface area (Å²) in [6.07, 6.45) is 0. The van der Waals surface area contributed by atoms with E-state index in [1.165, 1.54) is 11.6 Å². The molecule has 11 heavy (non-hydrogen) atoms. The van der Waals surface area contributed by atoms with E-state index >= 15 is 0 Å². The van der Waals surface area contributed by atoms with Crippen LogP contribution in [0, 0.1) is 5.82 Å². The average molecular weight is 151 g/mol. The quantitative estimate of drug-likeness (QED) is 0.546. The Morgan fingerprint density at radius 2 is 2.00 bits per heavy atom. The molecule has 2 rings (SSSR count). The second kappa shape index (κ2) is 2.31. The molecule has 1 aliphatic rings. The Kier molecular flexibility index (Phi) is 1.43. The second-order valence-electron chi connectivity index (χ2n) is 3.09. The number of fused-ring (bicyclic) bond motifs is 1. The fourth-order valence-corrected chi connectivity index (χ4v) is 1.53. The molecular formula is C9H10FN. The van der Waals surface area contributed by atoms with Crippen molar-refractivity contribution in [3.05, 3.63) is 35.1 Å². The monoisotopic (exact) mass is 151 g/mol. The SMILES string of the molecule is CN1Cc2ccc(F)cc2C1. The highest BCUT2D eigenvalue weighted by Crippen LogP contribution is 2.21. The van der Waals surface area contributed by atoms with Crippen LogP contribution in [0.3, 0.4) is 0 Å². The lowest BCUT2D eigenvalue weighted by Crippen LogP contribution is -2.07. The molecule has 1 aromatic rings. The van der Waals surface area contributed by atoms with E-state index in [4.69, 9.17) is 0 Å². The van der Waals surface area contributed by atoms with Crippen LogP contribution in [-0.2, 0) is 13.1 Å². The minimum Gasteiger partial charge on any atom is -0.298 e. The molecule has 0 saturated heterocycles. The van der Waals surface area contributed by atoms with E-state index < -0.39 is 0 Å². The lowest BCUT2D eigenvalue weighted by atomic mass is 10.1. The molecule has 1 heterocycles. The average Bonchev–Trinajstić information content (AvgIpc) is 2.27. The van der Waals surface area contributed by atoms with Crippen LogP contribution in [0.25, 0.3) is 0 Å². The standard InChI is InChI=1S/C9H10FN/c1-11-5-7-2-3-9(10)4-8(7)6-11/h2-4H,5-6H2,1H3. The molecule has 58 valence electrons. The summed E-state index contributed by atoms with van der Waals surface area (Å²) < 4.78 is 12.7. The highest BCUT2D eigenvalue weighted by Gasteiger charge is 2.14. The number of halogens is 1. The Morgan fingerprint density at radius 1 is 1.27 bits per heavy atom. The van der Waals surface area contributed by atoms with Crippen molar-refractivity contribution in [2.45, 2.75) is 13.1 Å². The molecule has 0 spiro atoms. The zero-order chi connectivity index (χ0) is 7.84. The summed E-state index contributed by atoms with van der Waals surface area (Å²) in [6, 6.07) is 5.02. The van der Waals surface area contributed by atoms with Crippen molar-refractivity contribution < 1.29 is 4.39 Å². The van der Waals surface area contributed by atoms with Gasteiger partial charge in [-0.05, 0) is 30.3 Å². The molecule has 1 nitrogen and oxygen atoms in total. The van der Waals surface area contributed by atoms with Crippen molar-refractivity contribution in [1.29, 1.82) is 0 Å². The molecule has 0 aliphatic carbocycles. The van der Waals surface area contributed by atoms with Gasteiger partial charge in [0.05, 0.1) is 0 Å². The number of hydrogen-bond donors (Lipinski definition) is 0. The van der Waals surface area contributed by atoms with Gasteiger partial charge >= 0.3 is 0 Å². The smallest absolute Gasteiger partial charge is 0.123 e. The van der Waals surface area contributed by atoms with Gasteiger partial charge in [0.2, 0.25) is 0 Å². The van der Waals surface area contributed by atoms with Crippen molar-refractivity contribution in [2.75, 3.05) is 7.05 Å². The molecule has 2 heteroatoms. The van der Waals surface area contributed by atoms with E-state index in [0.717, 1.165) is 18.7 Å². The number of hydrogen-bond acceptors (Lipinski definition) is 1. The second-order valence-corrected chi connectivity index (χ2v) is 3.09.